The summed E-state index contributed by atoms with van der Waals surface area (Å²) in [5.41, 5.74) is 4.63. The highest BCUT2D eigenvalue weighted by molar-refractivity contribution is 8.13. The minimum Gasteiger partial charge on any atom is -0.331 e. The van der Waals surface area contributed by atoms with E-state index in [0.29, 0.717) is 0 Å². The molecule has 2 aliphatic rings. The number of fused-ring (bicyclic) bond motifs is 1. The average molecular weight is 350 g/mol. The van der Waals surface area contributed by atoms with Crippen LogP contribution < -0.4 is 0 Å². The van der Waals surface area contributed by atoms with Crippen LogP contribution in [-0.4, -0.2) is 28.9 Å². The minimum absolute atomic E-state index is 0.145. The van der Waals surface area contributed by atoms with Gasteiger partial charge in [0.25, 0.3) is 0 Å². The van der Waals surface area contributed by atoms with E-state index in [1.54, 1.807) is 0 Å². The van der Waals surface area contributed by atoms with Crippen molar-refractivity contribution in [1.82, 2.24) is 4.90 Å². The molecule has 0 saturated heterocycles. The first-order chi connectivity index (χ1) is 12.2. The first-order valence-electron chi connectivity index (χ1n) is 8.28. The molecule has 2 nitrogen and oxygen atoms in total. The molecule has 0 aromatic heterocycles. The van der Waals surface area contributed by atoms with E-state index in [1.807, 2.05) is 12.1 Å². The fraction of sp³-hybridized carbons (Fsp3) is 0.143. The Morgan fingerprint density at radius 1 is 1.04 bits per heavy atom. The molecule has 2 heterocycles. The van der Waals surface area contributed by atoms with E-state index >= 15 is 0 Å². The maximum atomic E-state index is 13.0. The van der Waals surface area contributed by atoms with Crippen molar-refractivity contribution in [3.63, 3.8) is 0 Å². The zero-order valence-corrected chi connectivity index (χ0v) is 14.7. The molecule has 0 saturated carbocycles. The molecular formula is C21H19FN2S. The standard InChI is InChI=1S/C21H19FN2S/c1-25-14-13-24-12-2-3-20(21(24)23-25)18-8-4-16(5-9-18)15-17-6-10-19(22)11-7-17/h2-12H,1,13-15H2. The summed E-state index contributed by atoms with van der Waals surface area (Å²) in [5.74, 6) is 5.96. The van der Waals surface area contributed by atoms with E-state index < -0.39 is 0 Å². The van der Waals surface area contributed by atoms with Gasteiger partial charge in [-0.05, 0) is 47.4 Å². The first kappa shape index (κ1) is 16.0. The second-order valence-corrected chi connectivity index (χ2v) is 7.71. The Labute approximate surface area is 150 Å². The van der Waals surface area contributed by atoms with Gasteiger partial charge in [-0.25, -0.2) is 8.79 Å². The molecular weight excluding hydrogens is 331 g/mol. The molecule has 0 N–H and O–H groups in total. The summed E-state index contributed by atoms with van der Waals surface area (Å²) in [7, 11) is -0.145. The van der Waals surface area contributed by atoms with Gasteiger partial charge in [0.2, 0.25) is 0 Å². The number of rotatable bonds is 3. The Morgan fingerprint density at radius 2 is 1.72 bits per heavy atom. The van der Waals surface area contributed by atoms with E-state index in [0.717, 1.165) is 41.3 Å². The highest BCUT2D eigenvalue weighted by atomic mass is 32.2. The molecule has 0 fully saturated rings. The number of hydrogen-bond donors (Lipinski definition) is 0. The first-order valence-corrected chi connectivity index (χ1v) is 9.80. The largest absolute Gasteiger partial charge is 0.331 e. The van der Waals surface area contributed by atoms with E-state index in [-0.39, 0.29) is 16.5 Å². The highest BCUT2D eigenvalue weighted by Gasteiger charge is 2.21. The summed E-state index contributed by atoms with van der Waals surface area (Å²) in [6, 6.07) is 15.2. The van der Waals surface area contributed by atoms with Gasteiger partial charge in [0.1, 0.15) is 11.7 Å². The van der Waals surface area contributed by atoms with Crippen LogP contribution in [0.2, 0.25) is 0 Å². The predicted octanol–water partition coefficient (Wildman–Crippen LogP) is 4.66. The molecule has 0 amide bonds. The van der Waals surface area contributed by atoms with Crippen LogP contribution in [0.25, 0.3) is 5.57 Å². The summed E-state index contributed by atoms with van der Waals surface area (Å²) in [6.45, 7) is 0.974. The third-order valence-corrected chi connectivity index (χ3v) is 5.50. The van der Waals surface area contributed by atoms with Gasteiger partial charge in [0.05, 0.1) is 0 Å². The van der Waals surface area contributed by atoms with Gasteiger partial charge in [0.15, 0.2) is 0 Å². The van der Waals surface area contributed by atoms with Crippen LogP contribution in [0.15, 0.2) is 71.3 Å². The van der Waals surface area contributed by atoms with Crippen molar-refractivity contribution < 1.29 is 4.39 Å². The Kier molecular flexibility index (Phi) is 4.36. The summed E-state index contributed by atoms with van der Waals surface area (Å²) in [5, 5.41) is 0. The van der Waals surface area contributed by atoms with Crippen molar-refractivity contribution in [2.24, 2.45) is 4.40 Å². The quantitative estimate of drug-likeness (QED) is 0.735. The highest BCUT2D eigenvalue weighted by Crippen LogP contribution is 2.29. The van der Waals surface area contributed by atoms with Crippen molar-refractivity contribution >= 4 is 27.9 Å². The fourth-order valence-corrected chi connectivity index (χ4v) is 4.01. The van der Waals surface area contributed by atoms with Crippen LogP contribution in [0.4, 0.5) is 4.39 Å². The van der Waals surface area contributed by atoms with E-state index in [2.05, 4.69) is 53.4 Å². The summed E-state index contributed by atoms with van der Waals surface area (Å²) in [4.78, 5) is 2.20. The maximum Gasteiger partial charge on any atom is 0.147 e. The predicted molar refractivity (Wildman–Crippen MR) is 106 cm³/mol. The normalized spacial score (nSPS) is 19.2. The fourth-order valence-electron chi connectivity index (χ4n) is 3.06. The van der Waals surface area contributed by atoms with Crippen LogP contribution in [0.3, 0.4) is 0 Å². The number of halogens is 1. The molecule has 2 aliphatic heterocycles. The lowest BCUT2D eigenvalue weighted by Gasteiger charge is -2.30. The van der Waals surface area contributed by atoms with Crippen LogP contribution in [-0.2, 0) is 6.42 Å². The lowest BCUT2D eigenvalue weighted by molar-refractivity contribution is 0.593. The molecule has 4 rings (SSSR count). The second kappa shape index (κ2) is 6.81. The van der Waals surface area contributed by atoms with Gasteiger partial charge >= 0.3 is 0 Å². The number of allylic oxidation sites excluding steroid dienone is 2. The van der Waals surface area contributed by atoms with Gasteiger partial charge in [-0.15, -0.1) is 0 Å². The van der Waals surface area contributed by atoms with Crippen molar-refractivity contribution in [3.8, 4) is 0 Å². The molecule has 4 heteroatoms. The number of hydrogen-bond acceptors (Lipinski definition) is 2. The van der Waals surface area contributed by atoms with Crippen LogP contribution >= 0.6 is 10.7 Å². The van der Waals surface area contributed by atoms with Crippen molar-refractivity contribution in [3.05, 3.63) is 89.4 Å². The summed E-state index contributed by atoms with van der Waals surface area (Å²) >= 11 is 0. The molecule has 0 radical (unpaired) electrons. The zero-order chi connectivity index (χ0) is 17.2. The van der Waals surface area contributed by atoms with Crippen LogP contribution in [0, 0.1) is 5.82 Å². The molecule has 2 aromatic rings. The van der Waals surface area contributed by atoms with E-state index in [1.165, 1.54) is 17.7 Å². The van der Waals surface area contributed by atoms with Gasteiger partial charge in [-0.3, -0.25) is 0 Å². The lowest BCUT2D eigenvalue weighted by Crippen LogP contribution is -2.33. The molecule has 1 atom stereocenters. The molecule has 0 bridgehead atoms. The van der Waals surface area contributed by atoms with Gasteiger partial charge < -0.3 is 4.90 Å². The third kappa shape index (κ3) is 3.49. The number of nitrogens with zero attached hydrogens (tertiary/aromatic N) is 2. The van der Waals surface area contributed by atoms with Gasteiger partial charge in [0, 0.05) is 24.1 Å². The summed E-state index contributed by atoms with van der Waals surface area (Å²) in [6.07, 6.45) is 7.08. The topological polar surface area (TPSA) is 15.6 Å². The van der Waals surface area contributed by atoms with Crippen LogP contribution in [0.5, 0.6) is 0 Å². The molecule has 0 aliphatic carbocycles. The Hall–Kier alpha value is -2.46. The second-order valence-electron chi connectivity index (χ2n) is 6.20. The smallest absolute Gasteiger partial charge is 0.147 e. The van der Waals surface area contributed by atoms with Crippen molar-refractivity contribution in [2.45, 2.75) is 6.42 Å². The van der Waals surface area contributed by atoms with Crippen molar-refractivity contribution in [1.29, 1.82) is 0 Å². The van der Waals surface area contributed by atoms with Gasteiger partial charge in [-0.1, -0.05) is 52.9 Å². The number of benzene rings is 2. The molecule has 1 unspecified atom stereocenters. The van der Waals surface area contributed by atoms with E-state index in [9.17, 15) is 4.39 Å². The monoisotopic (exact) mass is 350 g/mol. The van der Waals surface area contributed by atoms with E-state index in [4.69, 9.17) is 4.40 Å². The molecule has 0 spiro atoms. The minimum atomic E-state index is -0.196. The molecule has 126 valence electrons. The SMILES string of the molecule is C=S1CCN2C=CC=C(c3ccc(Cc4ccc(F)cc4)cc3)C2=N1. The maximum absolute atomic E-state index is 13.0. The Bertz CT molecular complexity index is 892. The Morgan fingerprint density at radius 3 is 2.44 bits per heavy atom. The zero-order valence-electron chi connectivity index (χ0n) is 13.9. The third-order valence-electron chi connectivity index (χ3n) is 4.41. The Balaban J connectivity index is 1.57. The number of amidine groups is 1. The average Bonchev–Trinajstić information content (AvgIpc) is 2.64. The molecule has 25 heavy (non-hydrogen) atoms. The summed E-state index contributed by atoms with van der Waals surface area (Å²) < 4.78 is 17.8. The van der Waals surface area contributed by atoms with Gasteiger partial charge in [-0.2, -0.15) is 0 Å². The molecule has 2 aromatic carbocycles. The van der Waals surface area contributed by atoms with Crippen LogP contribution in [0.1, 0.15) is 16.7 Å². The lowest BCUT2D eigenvalue weighted by atomic mass is 9.98. The van der Waals surface area contributed by atoms with Crippen molar-refractivity contribution in [2.75, 3.05) is 12.3 Å².